The van der Waals surface area contributed by atoms with E-state index in [0.29, 0.717) is 5.25 Å². The lowest BCUT2D eigenvalue weighted by Crippen LogP contribution is -2.32. The van der Waals surface area contributed by atoms with Gasteiger partial charge >= 0.3 is 6.18 Å². The Morgan fingerprint density at radius 1 is 1.35 bits per heavy atom. The van der Waals surface area contributed by atoms with Crippen molar-refractivity contribution in [1.82, 2.24) is 5.32 Å². The lowest BCUT2D eigenvalue weighted by molar-refractivity contribution is -0.137. The van der Waals surface area contributed by atoms with E-state index >= 15 is 0 Å². The van der Waals surface area contributed by atoms with E-state index in [1.54, 1.807) is 6.07 Å². The number of halogens is 3. The van der Waals surface area contributed by atoms with E-state index < -0.39 is 11.7 Å². The van der Waals surface area contributed by atoms with Crippen LogP contribution in [0.3, 0.4) is 0 Å². The Labute approximate surface area is 122 Å². The van der Waals surface area contributed by atoms with Crippen LogP contribution >= 0.6 is 11.8 Å². The molecule has 1 aromatic rings. The van der Waals surface area contributed by atoms with Crippen LogP contribution in [-0.2, 0) is 6.18 Å². The van der Waals surface area contributed by atoms with Gasteiger partial charge in [0.2, 0.25) is 0 Å². The van der Waals surface area contributed by atoms with Crippen LogP contribution in [0.15, 0.2) is 24.3 Å². The molecule has 1 fully saturated rings. The predicted octanol–water partition coefficient (Wildman–Crippen LogP) is 4.64. The molecule has 2 unspecified atom stereocenters. The minimum Gasteiger partial charge on any atom is -0.309 e. The molecule has 20 heavy (non-hydrogen) atoms. The summed E-state index contributed by atoms with van der Waals surface area (Å²) in [6, 6.07) is 5.75. The first kappa shape index (κ1) is 15.7. The first-order valence-corrected chi connectivity index (χ1v) is 8.09. The second-order valence-electron chi connectivity index (χ2n) is 5.06. The van der Waals surface area contributed by atoms with Gasteiger partial charge in [-0.3, -0.25) is 0 Å². The van der Waals surface area contributed by atoms with Gasteiger partial charge in [-0.05, 0) is 42.8 Å². The Bertz CT molecular complexity index is 427. The summed E-state index contributed by atoms with van der Waals surface area (Å²) in [5.74, 6) is 1.10. The largest absolute Gasteiger partial charge is 0.416 e. The van der Waals surface area contributed by atoms with E-state index in [4.69, 9.17) is 0 Å². The maximum atomic E-state index is 12.8. The fourth-order valence-electron chi connectivity index (χ4n) is 2.62. The average Bonchev–Trinajstić information content (AvgIpc) is 2.45. The Morgan fingerprint density at radius 2 is 2.15 bits per heavy atom. The van der Waals surface area contributed by atoms with Crippen LogP contribution in [0.5, 0.6) is 0 Å². The van der Waals surface area contributed by atoms with Crippen LogP contribution in [0.4, 0.5) is 13.2 Å². The molecule has 0 aliphatic carbocycles. The number of hydrogen-bond donors (Lipinski definition) is 1. The molecular formula is C15H20F3NS. The van der Waals surface area contributed by atoms with Crippen LogP contribution in [0.2, 0.25) is 0 Å². The number of rotatable bonds is 4. The molecule has 1 aliphatic rings. The smallest absolute Gasteiger partial charge is 0.309 e. The first-order valence-electron chi connectivity index (χ1n) is 7.04. The third kappa shape index (κ3) is 3.92. The van der Waals surface area contributed by atoms with Gasteiger partial charge in [-0.15, -0.1) is 0 Å². The van der Waals surface area contributed by atoms with E-state index in [-0.39, 0.29) is 6.04 Å². The van der Waals surface area contributed by atoms with Gasteiger partial charge in [-0.2, -0.15) is 24.9 Å². The normalized spacial score (nSPS) is 21.7. The summed E-state index contributed by atoms with van der Waals surface area (Å²) in [5, 5.41) is 3.73. The van der Waals surface area contributed by atoms with Gasteiger partial charge in [0.1, 0.15) is 0 Å². The molecule has 0 spiro atoms. The van der Waals surface area contributed by atoms with Crippen molar-refractivity contribution in [2.75, 3.05) is 12.3 Å². The average molecular weight is 303 g/mol. The lowest BCUT2D eigenvalue weighted by atomic mass is 9.97. The van der Waals surface area contributed by atoms with E-state index in [2.05, 4.69) is 5.32 Å². The highest BCUT2D eigenvalue weighted by molar-refractivity contribution is 8.00. The van der Waals surface area contributed by atoms with E-state index in [0.717, 1.165) is 30.3 Å². The van der Waals surface area contributed by atoms with Gasteiger partial charge in [0.25, 0.3) is 0 Å². The predicted molar refractivity (Wildman–Crippen MR) is 78.0 cm³/mol. The molecule has 2 rings (SSSR count). The second-order valence-corrected chi connectivity index (χ2v) is 6.41. The Hall–Kier alpha value is -0.680. The van der Waals surface area contributed by atoms with Gasteiger partial charge in [0.05, 0.1) is 5.56 Å². The minimum atomic E-state index is -4.27. The first-order chi connectivity index (χ1) is 9.52. The lowest BCUT2D eigenvalue weighted by Gasteiger charge is -2.31. The zero-order valence-corrected chi connectivity index (χ0v) is 12.4. The summed E-state index contributed by atoms with van der Waals surface area (Å²) in [6.07, 6.45) is -0.827. The summed E-state index contributed by atoms with van der Waals surface area (Å²) in [5.41, 5.74) is 0.194. The van der Waals surface area contributed by atoms with Crippen molar-refractivity contribution < 1.29 is 13.2 Å². The second kappa shape index (κ2) is 6.85. The summed E-state index contributed by atoms with van der Waals surface area (Å²) >= 11 is 1.88. The van der Waals surface area contributed by atoms with Crippen molar-refractivity contribution in [3.05, 3.63) is 35.4 Å². The van der Waals surface area contributed by atoms with E-state index in [1.807, 2.05) is 18.7 Å². The van der Waals surface area contributed by atoms with Gasteiger partial charge in [0, 0.05) is 11.3 Å². The quantitative estimate of drug-likeness (QED) is 0.869. The number of thioether (sulfide) groups is 1. The zero-order chi connectivity index (χ0) is 14.6. The van der Waals surface area contributed by atoms with Gasteiger partial charge in [-0.25, -0.2) is 0 Å². The summed E-state index contributed by atoms with van der Waals surface area (Å²) < 4.78 is 38.5. The molecule has 1 N–H and O–H groups in total. The molecule has 1 heterocycles. The summed E-state index contributed by atoms with van der Waals surface area (Å²) in [4.78, 5) is 0. The van der Waals surface area contributed by atoms with Crippen molar-refractivity contribution in [2.24, 2.45) is 0 Å². The Morgan fingerprint density at radius 3 is 2.75 bits per heavy atom. The topological polar surface area (TPSA) is 12.0 Å². The fourth-order valence-corrected chi connectivity index (χ4v) is 4.07. The molecule has 0 bridgehead atoms. The molecule has 1 nitrogen and oxygen atoms in total. The van der Waals surface area contributed by atoms with Gasteiger partial charge in [0.15, 0.2) is 0 Å². The highest BCUT2D eigenvalue weighted by atomic mass is 32.2. The third-order valence-electron chi connectivity index (χ3n) is 3.58. The third-order valence-corrected chi connectivity index (χ3v) is 5.04. The fraction of sp³-hybridized carbons (Fsp3) is 0.600. The van der Waals surface area contributed by atoms with Crippen molar-refractivity contribution in [2.45, 2.75) is 43.7 Å². The molecule has 2 atom stereocenters. The molecule has 112 valence electrons. The molecule has 0 aromatic heterocycles. The van der Waals surface area contributed by atoms with Crippen molar-refractivity contribution in [1.29, 1.82) is 0 Å². The van der Waals surface area contributed by atoms with Gasteiger partial charge in [-0.1, -0.05) is 25.5 Å². The Kier molecular flexibility index (Phi) is 5.38. The molecule has 0 saturated carbocycles. The monoisotopic (exact) mass is 303 g/mol. The maximum absolute atomic E-state index is 12.8. The molecule has 0 amide bonds. The number of hydrogen-bond acceptors (Lipinski definition) is 2. The molecule has 1 aromatic carbocycles. The SMILES string of the molecule is CCNC(c1cccc(C(F)(F)F)c1)C1CCCCS1. The van der Waals surface area contributed by atoms with E-state index in [1.165, 1.54) is 25.0 Å². The highest BCUT2D eigenvalue weighted by Gasteiger charge is 2.32. The number of nitrogens with one attached hydrogen (secondary N) is 1. The Balaban J connectivity index is 2.24. The standard InChI is InChI=1S/C15H20F3NS/c1-2-19-14(13-8-3-4-9-20-13)11-6-5-7-12(10-11)15(16,17)18/h5-7,10,13-14,19H,2-4,8-9H2,1H3. The maximum Gasteiger partial charge on any atom is 0.416 e. The van der Waals surface area contributed by atoms with Gasteiger partial charge < -0.3 is 5.32 Å². The van der Waals surface area contributed by atoms with Crippen LogP contribution in [-0.4, -0.2) is 17.5 Å². The highest BCUT2D eigenvalue weighted by Crippen LogP contribution is 2.37. The van der Waals surface area contributed by atoms with Crippen LogP contribution in [0.25, 0.3) is 0 Å². The molecule has 1 saturated heterocycles. The molecule has 5 heteroatoms. The molecular weight excluding hydrogens is 283 g/mol. The van der Waals surface area contributed by atoms with Crippen molar-refractivity contribution >= 4 is 11.8 Å². The molecule has 1 aliphatic heterocycles. The minimum absolute atomic E-state index is 0.00704. The van der Waals surface area contributed by atoms with Crippen LogP contribution in [0.1, 0.15) is 43.4 Å². The van der Waals surface area contributed by atoms with Crippen molar-refractivity contribution in [3.63, 3.8) is 0 Å². The van der Waals surface area contributed by atoms with Crippen LogP contribution < -0.4 is 5.32 Å². The molecule has 0 radical (unpaired) electrons. The summed E-state index contributed by atoms with van der Waals surface area (Å²) in [7, 11) is 0. The zero-order valence-electron chi connectivity index (χ0n) is 11.5. The summed E-state index contributed by atoms with van der Waals surface area (Å²) in [6.45, 7) is 2.76. The number of benzene rings is 1. The van der Waals surface area contributed by atoms with E-state index in [9.17, 15) is 13.2 Å². The number of alkyl halides is 3. The van der Waals surface area contributed by atoms with Crippen LogP contribution in [0, 0.1) is 0 Å². The van der Waals surface area contributed by atoms with Crippen molar-refractivity contribution in [3.8, 4) is 0 Å².